The summed E-state index contributed by atoms with van der Waals surface area (Å²) in [6.45, 7) is 3.71. The fourth-order valence-electron chi connectivity index (χ4n) is 3.68. The van der Waals surface area contributed by atoms with Gasteiger partial charge in [-0.05, 0) is 25.1 Å². The van der Waals surface area contributed by atoms with Crippen molar-refractivity contribution in [3.8, 4) is 17.5 Å². The zero-order chi connectivity index (χ0) is 24.3. The zero-order valence-corrected chi connectivity index (χ0v) is 19.7. The van der Waals surface area contributed by atoms with Crippen LogP contribution < -0.4 is 9.47 Å². The fourth-order valence-corrected chi connectivity index (χ4v) is 4.31. The summed E-state index contributed by atoms with van der Waals surface area (Å²) in [6, 6.07) is 3.40. The van der Waals surface area contributed by atoms with E-state index in [1.807, 2.05) is 0 Å². The number of piperidine rings is 1. The molecule has 1 aromatic heterocycles. The third-order valence-corrected chi connectivity index (χ3v) is 6.77. The number of benzene rings is 1. The number of likely N-dealkylation sites (tertiary alicyclic amines) is 1. The molecule has 0 unspecified atom stereocenters. The minimum absolute atomic E-state index is 0.0933. The highest BCUT2D eigenvalue weighted by Crippen LogP contribution is 2.31. The summed E-state index contributed by atoms with van der Waals surface area (Å²) in [5.74, 6) is -0.607. The van der Waals surface area contributed by atoms with Crippen LogP contribution >= 0.6 is 0 Å². The van der Waals surface area contributed by atoms with Gasteiger partial charge in [-0.1, -0.05) is 0 Å². The molecule has 2 aromatic rings. The Kier molecular flexibility index (Phi) is 7.17. The Hall–Kier alpha value is -2.99. The van der Waals surface area contributed by atoms with E-state index in [0.717, 1.165) is 12.3 Å². The minimum Gasteiger partial charge on any atom is -0.474 e. The van der Waals surface area contributed by atoms with Crippen molar-refractivity contribution in [3.63, 3.8) is 0 Å². The summed E-state index contributed by atoms with van der Waals surface area (Å²) in [6.07, 6.45) is 3.45. The second kappa shape index (κ2) is 10.1. The second-order valence-electron chi connectivity index (χ2n) is 8.25. The van der Waals surface area contributed by atoms with Crippen molar-refractivity contribution in [1.82, 2.24) is 14.9 Å². The van der Waals surface area contributed by atoms with Crippen LogP contribution in [0, 0.1) is 12.7 Å². The van der Waals surface area contributed by atoms with Crippen LogP contribution in [0.2, 0.25) is 0 Å². The van der Waals surface area contributed by atoms with E-state index < -0.39 is 15.7 Å². The molecule has 34 heavy (non-hydrogen) atoms. The summed E-state index contributed by atoms with van der Waals surface area (Å²) in [7, 11) is -3.54. The highest BCUT2D eigenvalue weighted by molar-refractivity contribution is 7.90. The summed E-state index contributed by atoms with van der Waals surface area (Å²) in [4.78, 5) is 22.0. The first kappa shape index (κ1) is 24.1. The summed E-state index contributed by atoms with van der Waals surface area (Å²) < 4.78 is 59.9. The van der Waals surface area contributed by atoms with E-state index >= 15 is 0 Å². The topological polar surface area (TPSA) is 117 Å². The maximum atomic E-state index is 14.4. The van der Waals surface area contributed by atoms with Gasteiger partial charge in [-0.15, -0.1) is 0 Å². The molecule has 0 N–H and O–H groups in total. The largest absolute Gasteiger partial charge is 0.474 e. The van der Waals surface area contributed by atoms with Crippen LogP contribution in [-0.2, 0) is 19.3 Å². The van der Waals surface area contributed by atoms with E-state index in [1.54, 1.807) is 11.8 Å². The van der Waals surface area contributed by atoms with E-state index in [0.29, 0.717) is 57.0 Å². The standard InChI is InChI=1S/C22H26FN3O7S/c1-14-20(31-15-5-8-26(9-6-15)22(27)32-16-7-10-30-12-16)24-13-25-21(14)33-19-4-3-17(11-18(19)23)34(2,28)29/h3-4,11,13,15-16H,5-10,12H2,1-2H3/t16-/m1/s1. The molecule has 1 aromatic carbocycles. The van der Waals surface area contributed by atoms with Crippen LogP contribution in [0.15, 0.2) is 29.4 Å². The van der Waals surface area contributed by atoms with E-state index in [4.69, 9.17) is 18.9 Å². The van der Waals surface area contributed by atoms with E-state index in [-0.39, 0.29) is 34.8 Å². The van der Waals surface area contributed by atoms with E-state index in [1.165, 1.54) is 18.5 Å². The molecule has 2 saturated heterocycles. The first-order valence-electron chi connectivity index (χ1n) is 10.9. The number of carbonyl (C=O) groups excluding carboxylic acids is 1. The first-order chi connectivity index (χ1) is 16.2. The van der Waals surface area contributed by atoms with Crippen molar-refractivity contribution in [2.45, 2.75) is 43.3 Å². The monoisotopic (exact) mass is 495 g/mol. The lowest BCUT2D eigenvalue weighted by atomic mass is 10.1. The molecule has 2 aliphatic rings. The molecule has 0 saturated carbocycles. The average Bonchev–Trinajstić information content (AvgIpc) is 3.30. The van der Waals surface area contributed by atoms with Gasteiger partial charge in [0.15, 0.2) is 21.4 Å². The van der Waals surface area contributed by atoms with E-state index in [2.05, 4.69) is 9.97 Å². The molecule has 1 atom stereocenters. The Morgan fingerprint density at radius 1 is 1.15 bits per heavy atom. The lowest BCUT2D eigenvalue weighted by molar-refractivity contribution is 0.0365. The molecule has 184 valence electrons. The Bertz CT molecular complexity index is 1150. The summed E-state index contributed by atoms with van der Waals surface area (Å²) >= 11 is 0. The van der Waals surface area contributed by atoms with Crippen molar-refractivity contribution in [1.29, 1.82) is 0 Å². The molecule has 0 aliphatic carbocycles. The first-order valence-corrected chi connectivity index (χ1v) is 12.8. The van der Waals surface area contributed by atoms with Gasteiger partial charge in [0.05, 0.1) is 23.7 Å². The molecule has 0 bridgehead atoms. The Balaban J connectivity index is 1.36. The second-order valence-corrected chi connectivity index (χ2v) is 10.3. The molecular formula is C22H26FN3O7S. The smallest absolute Gasteiger partial charge is 0.410 e. The third kappa shape index (κ3) is 5.73. The molecule has 1 amide bonds. The van der Waals surface area contributed by atoms with Gasteiger partial charge in [0.1, 0.15) is 18.5 Å². The average molecular weight is 496 g/mol. The minimum atomic E-state index is -3.54. The molecule has 2 aliphatic heterocycles. The number of ether oxygens (including phenoxy) is 4. The number of rotatable bonds is 6. The van der Waals surface area contributed by atoms with E-state index in [9.17, 15) is 17.6 Å². The highest BCUT2D eigenvalue weighted by atomic mass is 32.2. The van der Waals surface area contributed by atoms with Crippen LogP contribution in [0.1, 0.15) is 24.8 Å². The van der Waals surface area contributed by atoms with Crippen molar-refractivity contribution in [2.24, 2.45) is 0 Å². The predicted octanol–water partition coefficient (Wildman–Crippen LogP) is 2.89. The Morgan fingerprint density at radius 2 is 1.88 bits per heavy atom. The van der Waals surface area contributed by atoms with Gasteiger partial charge in [0, 0.05) is 38.6 Å². The maximum absolute atomic E-state index is 14.4. The molecule has 0 spiro atoms. The lowest BCUT2D eigenvalue weighted by Crippen LogP contribution is -2.43. The molecule has 10 nitrogen and oxygen atoms in total. The lowest BCUT2D eigenvalue weighted by Gasteiger charge is -2.32. The van der Waals surface area contributed by atoms with Crippen molar-refractivity contribution in [3.05, 3.63) is 35.9 Å². The number of amides is 1. The number of aromatic nitrogens is 2. The molecule has 2 fully saturated rings. The van der Waals surface area contributed by atoms with Gasteiger partial charge in [-0.3, -0.25) is 0 Å². The zero-order valence-electron chi connectivity index (χ0n) is 18.9. The summed E-state index contributed by atoms with van der Waals surface area (Å²) in [5, 5.41) is 0. The van der Waals surface area contributed by atoms with Crippen LogP contribution in [0.5, 0.6) is 17.5 Å². The normalized spacial score (nSPS) is 19.1. The number of sulfone groups is 1. The number of hydrogen-bond donors (Lipinski definition) is 0. The number of carbonyl (C=O) groups is 1. The number of halogens is 1. The van der Waals surface area contributed by atoms with Gasteiger partial charge < -0.3 is 23.8 Å². The van der Waals surface area contributed by atoms with Crippen LogP contribution in [-0.4, -0.2) is 74.1 Å². The van der Waals surface area contributed by atoms with Crippen molar-refractivity contribution in [2.75, 3.05) is 32.6 Å². The fraction of sp³-hybridized carbons (Fsp3) is 0.500. The molecule has 4 rings (SSSR count). The van der Waals surface area contributed by atoms with Gasteiger partial charge in [0.25, 0.3) is 0 Å². The molecular weight excluding hydrogens is 469 g/mol. The van der Waals surface area contributed by atoms with Crippen molar-refractivity contribution < 1.29 is 36.6 Å². The van der Waals surface area contributed by atoms with Crippen molar-refractivity contribution >= 4 is 15.9 Å². The van der Waals surface area contributed by atoms with Gasteiger partial charge in [0.2, 0.25) is 11.8 Å². The quantitative estimate of drug-likeness (QED) is 0.596. The number of hydrogen-bond acceptors (Lipinski definition) is 9. The van der Waals surface area contributed by atoms with Crippen LogP contribution in [0.25, 0.3) is 0 Å². The predicted molar refractivity (Wildman–Crippen MR) is 117 cm³/mol. The van der Waals surface area contributed by atoms with Gasteiger partial charge in [-0.25, -0.2) is 27.6 Å². The van der Waals surface area contributed by atoms with Gasteiger partial charge in [-0.2, -0.15) is 0 Å². The highest BCUT2D eigenvalue weighted by Gasteiger charge is 2.29. The maximum Gasteiger partial charge on any atom is 0.410 e. The van der Waals surface area contributed by atoms with Crippen LogP contribution in [0.4, 0.5) is 9.18 Å². The molecule has 3 heterocycles. The number of nitrogens with zero attached hydrogens (tertiary/aromatic N) is 3. The summed E-state index contributed by atoms with van der Waals surface area (Å²) in [5.41, 5.74) is 0.470. The molecule has 12 heteroatoms. The third-order valence-electron chi connectivity index (χ3n) is 5.66. The van der Waals surface area contributed by atoms with Gasteiger partial charge >= 0.3 is 6.09 Å². The SMILES string of the molecule is Cc1c(Oc2ccc(S(C)(=O)=O)cc2F)ncnc1OC1CCN(C(=O)O[C@@H]2CCOC2)CC1. The molecule has 0 radical (unpaired) electrons. The Morgan fingerprint density at radius 3 is 2.53 bits per heavy atom. The Labute approximate surface area is 196 Å². The van der Waals surface area contributed by atoms with Crippen LogP contribution in [0.3, 0.4) is 0 Å².